The molecule has 2 saturated carbocycles. The van der Waals surface area contributed by atoms with Gasteiger partial charge >= 0.3 is 0 Å². The topological polar surface area (TPSA) is 71.3 Å². The van der Waals surface area contributed by atoms with E-state index >= 15 is 0 Å². The fraction of sp³-hybridized carbons (Fsp3) is 0.571. The van der Waals surface area contributed by atoms with E-state index in [1.165, 1.54) is 12.0 Å². The number of carbonyl (C=O) groups excluding carboxylic acids is 1. The SMILES string of the molecule is CN1CCC(c2nc(C3(CN[C@H]4CC4c4ccccc4)CC3)no2)CC1=O. The third kappa shape index (κ3) is 3.27. The molecule has 5 rings (SSSR count). The first-order valence-corrected chi connectivity index (χ1v) is 10.0. The molecule has 3 atom stereocenters. The number of benzene rings is 1. The Morgan fingerprint density at radius 2 is 2.11 bits per heavy atom. The Kier molecular flexibility index (Phi) is 4.04. The van der Waals surface area contributed by atoms with Gasteiger partial charge in [-0.15, -0.1) is 0 Å². The van der Waals surface area contributed by atoms with Crippen molar-refractivity contribution in [2.24, 2.45) is 0 Å². The van der Waals surface area contributed by atoms with Gasteiger partial charge in [0.2, 0.25) is 11.8 Å². The van der Waals surface area contributed by atoms with Crippen LogP contribution in [-0.4, -0.2) is 47.1 Å². The summed E-state index contributed by atoms with van der Waals surface area (Å²) in [4.78, 5) is 18.4. The molecule has 1 N–H and O–H groups in total. The molecule has 0 radical (unpaired) electrons. The fourth-order valence-electron chi connectivity index (χ4n) is 4.22. The number of amides is 1. The van der Waals surface area contributed by atoms with E-state index < -0.39 is 0 Å². The molecule has 3 aliphatic rings. The van der Waals surface area contributed by atoms with Gasteiger partial charge in [-0.1, -0.05) is 35.5 Å². The van der Waals surface area contributed by atoms with Crippen molar-refractivity contribution in [3.8, 4) is 0 Å². The Labute approximate surface area is 159 Å². The molecule has 142 valence electrons. The standard InChI is InChI=1S/C21H26N4O2/c1-25-10-7-15(11-18(25)26)19-23-20(24-27-19)21(8-9-21)13-22-17-12-16(17)14-5-3-2-4-6-14/h2-6,15-17,22H,7-13H2,1H3/t15?,16?,17-/m0/s1. The van der Waals surface area contributed by atoms with Gasteiger partial charge in [0.15, 0.2) is 5.82 Å². The van der Waals surface area contributed by atoms with Crippen LogP contribution in [0.25, 0.3) is 0 Å². The van der Waals surface area contributed by atoms with Crippen molar-refractivity contribution in [2.75, 3.05) is 20.1 Å². The summed E-state index contributed by atoms with van der Waals surface area (Å²) in [5.74, 6) is 2.34. The summed E-state index contributed by atoms with van der Waals surface area (Å²) in [5, 5.41) is 8.02. The second kappa shape index (κ2) is 6.44. The molecule has 1 aromatic heterocycles. The van der Waals surface area contributed by atoms with Gasteiger partial charge in [0.05, 0.1) is 0 Å². The van der Waals surface area contributed by atoms with Crippen LogP contribution in [0, 0.1) is 0 Å². The lowest BCUT2D eigenvalue weighted by Crippen LogP contribution is -2.35. The zero-order valence-corrected chi connectivity index (χ0v) is 15.7. The second-order valence-corrected chi connectivity index (χ2v) is 8.48. The van der Waals surface area contributed by atoms with Crippen molar-refractivity contribution in [1.29, 1.82) is 0 Å². The molecule has 2 unspecified atom stereocenters. The van der Waals surface area contributed by atoms with Gasteiger partial charge < -0.3 is 14.7 Å². The third-order valence-corrected chi connectivity index (χ3v) is 6.50. The number of piperidine rings is 1. The summed E-state index contributed by atoms with van der Waals surface area (Å²) < 4.78 is 5.57. The highest BCUT2D eigenvalue weighted by atomic mass is 16.5. The lowest BCUT2D eigenvalue weighted by Gasteiger charge is -2.26. The zero-order chi connectivity index (χ0) is 18.4. The van der Waals surface area contributed by atoms with Gasteiger partial charge in [-0.25, -0.2) is 0 Å². The molecular weight excluding hydrogens is 340 g/mol. The van der Waals surface area contributed by atoms with Crippen LogP contribution in [-0.2, 0) is 10.2 Å². The Hall–Kier alpha value is -2.21. The summed E-state index contributed by atoms with van der Waals surface area (Å²) in [7, 11) is 1.85. The summed E-state index contributed by atoms with van der Waals surface area (Å²) >= 11 is 0. The van der Waals surface area contributed by atoms with Gasteiger partial charge in [0.1, 0.15) is 0 Å². The molecule has 1 saturated heterocycles. The normalized spacial score (nSPS) is 29.0. The largest absolute Gasteiger partial charge is 0.346 e. The average Bonchev–Trinajstić information content (AvgIpc) is 3.60. The Morgan fingerprint density at radius 3 is 2.85 bits per heavy atom. The monoisotopic (exact) mass is 366 g/mol. The number of hydrogen-bond donors (Lipinski definition) is 1. The molecule has 3 fully saturated rings. The van der Waals surface area contributed by atoms with Crippen LogP contribution >= 0.6 is 0 Å². The van der Waals surface area contributed by atoms with Crippen molar-refractivity contribution < 1.29 is 9.32 Å². The first kappa shape index (κ1) is 16.9. The lowest BCUT2D eigenvalue weighted by atomic mass is 9.96. The Balaban J connectivity index is 1.20. The van der Waals surface area contributed by atoms with E-state index in [2.05, 4.69) is 40.8 Å². The summed E-state index contributed by atoms with van der Waals surface area (Å²) in [5.41, 5.74) is 1.45. The van der Waals surface area contributed by atoms with Gasteiger partial charge in [0, 0.05) is 49.9 Å². The Bertz CT molecular complexity index is 830. The molecule has 0 spiro atoms. The maximum atomic E-state index is 12.0. The van der Waals surface area contributed by atoms with Crippen molar-refractivity contribution in [1.82, 2.24) is 20.4 Å². The first-order valence-electron chi connectivity index (χ1n) is 10.0. The van der Waals surface area contributed by atoms with E-state index in [1.807, 2.05) is 7.05 Å². The highest BCUT2D eigenvalue weighted by Gasteiger charge is 2.50. The third-order valence-electron chi connectivity index (χ3n) is 6.50. The van der Waals surface area contributed by atoms with Crippen molar-refractivity contribution >= 4 is 5.91 Å². The molecule has 2 aliphatic carbocycles. The smallest absolute Gasteiger partial charge is 0.230 e. The van der Waals surface area contributed by atoms with E-state index in [9.17, 15) is 4.79 Å². The van der Waals surface area contributed by atoms with E-state index in [0.29, 0.717) is 24.3 Å². The number of aromatic nitrogens is 2. The van der Waals surface area contributed by atoms with Crippen LogP contribution < -0.4 is 5.32 Å². The highest BCUT2D eigenvalue weighted by molar-refractivity contribution is 5.77. The second-order valence-electron chi connectivity index (χ2n) is 8.48. The van der Waals surface area contributed by atoms with Crippen LogP contribution in [0.2, 0.25) is 0 Å². The summed E-state index contributed by atoms with van der Waals surface area (Å²) in [6.07, 6.45) is 4.79. The minimum absolute atomic E-state index is 0.0288. The maximum absolute atomic E-state index is 12.0. The van der Waals surface area contributed by atoms with Gasteiger partial charge in [0.25, 0.3) is 0 Å². The molecule has 1 aromatic carbocycles. The van der Waals surface area contributed by atoms with Crippen LogP contribution in [0.4, 0.5) is 0 Å². The lowest BCUT2D eigenvalue weighted by molar-refractivity contribution is -0.132. The Morgan fingerprint density at radius 1 is 1.30 bits per heavy atom. The predicted molar refractivity (Wildman–Crippen MR) is 100 cm³/mol. The van der Waals surface area contributed by atoms with Gasteiger partial charge in [-0.2, -0.15) is 4.98 Å². The quantitative estimate of drug-likeness (QED) is 0.851. The van der Waals surface area contributed by atoms with Gasteiger partial charge in [-0.05, 0) is 31.2 Å². The van der Waals surface area contributed by atoms with E-state index in [0.717, 1.165) is 38.2 Å². The van der Waals surface area contributed by atoms with Crippen molar-refractivity contribution in [2.45, 2.75) is 55.4 Å². The highest BCUT2D eigenvalue weighted by Crippen LogP contribution is 2.48. The van der Waals surface area contributed by atoms with E-state index in [-0.39, 0.29) is 17.2 Å². The predicted octanol–water partition coefficient (Wildman–Crippen LogP) is 2.58. The molecule has 27 heavy (non-hydrogen) atoms. The zero-order valence-electron chi connectivity index (χ0n) is 15.7. The molecule has 2 heterocycles. The van der Waals surface area contributed by atoms with Crippen LogP contribution in [0.5, 0.6) is 0 Å². The molecular formula is C21H26N4O2. The number of likely N-dealkylation sites (tertiary alicyclic amines) is 1. The maximum Gasteiger partial charge on any atom is 0.230 e. The summed E-state index contributed by atoms with van der Waals surface area (Å²) in [6, 6.07) is 11.3. The fourth-order valence-corrected chi connectivity index (χ4v) is 4.22. The molecule has 1 aliphatic heterocycles. The van der Waals surface area contributed by atoms with Gasteiger partial charge in [-0.3, -0.25) is 4.79 Å². The van der Waals surface area contributed by atoms with E-state index in [4.69, 9.17) is 9.51 Å². The number of nitrogens with one attached hydrogen (secondary N) is 1. The van der Waals surface area contributed by atoms with Crippen LogP contribution in [0.15, 0.2) is 34.9 Å². The van der Waals surface area contributed by atoms with Crippen LogP contribution in [0.3, 0.4) is 0 Å². The number of rotatable bonds is 6. The van der Waals surface area contributed by atoms with Crippen molar-refractivity contribution in [3.63, 3.8) is 0 Å². The number of carbonyl (C=O) groups is 1. The molecule has 2 aromatic rings. The molecule has 1 amide bonds. The van der Waals surface area contributed by atoms with Crippen molar-refractivity contribution in [3.05, 3.63) is 47.6 Å². The number of nitrogens with zero attached hydrogens (tertiary/aromatic N) is 3. The van der Waals surface area contributed by atoms with E-state index in [1.54, 1.807) is 4.90 Å². The average molecular weight is 366 g/mol. The molecule has 0 bridgehead atoms. The summed E-state index contributed by atoms with van der Waals surface area (Å²) in [6.45, 7) is 1.67. The number of hydrogen-bond acceptors (Lipinski definition) is 5. The van der Waals surface area contributed by atoms with Crippen LogP contribution in [0.1, 0.15) is 61.2 Å². The first-order chi connectivity index (χ1) is 13.1. The molecule has 6 nitrogen and oxygen atoms in total. The minimum Gasteiger partial charge on any atom is -0.346 e. The minimum atomic E-state index is 0.0288. The molecule has 6 heteroatoms.